The minimum atomic E-state index is -0.963. The van der Waals surface area contributed by atoms with E-state index in [2.05, 4.69) is 12.2 Å². The highest BCUT2D eigenvalue weighted by Gasteiger charge is 2.18. The molecule has 2 atom stereocenters. The van der Waals surface area contributed by atoms with E-state index < -0.39 is 12.0 Å². The van der Waals surface area contributed by atoms with Gasteiger partial charge in [-0.1, -0.05) is 26.7 Å². The maximum atomic E-state index is 10.6. The average molecular weight is 187 g/mol. The minimum absolute atomic E-state index is 0.332. The molecule has 0 aliphatic heterocycles. The first-order valence-electron chi connectivity index (χ1n) is 4.54. The normalized spacial score (nSPS) is 14.6. The standard InChI is InChI=1S/C9H17NO3/c1-3-4-7(2)5-8(9(12)13)10-6-11/h6-8H,3-5H2,1-2H3,(H,10,11)(H,12,13). The van der Waals surface area contributed by atoms with Crippen LogP contribution in [0.25, 0.3) is 0 Å². The summed E-state index contributed by atoms with van der Waals surface area (Å²) in [5, 5.41) is 11.0. The van der Waals surface area contributed by atoms with Crippen LogP contribution >= 0.6 is 0 Å². The molecule has 0 radical (unpaired) electrons. The molecule has 4 nitrogen and oxygen atoms in total. The van der Waals surface area contributed by atoms with Gasteiger partial charge in [-0.25, -0.2) is 4.79 Å². The lowest BCUT2D eigenvalue weighted by atomic mass is 9.97. The summed E-state index contributed by atoms with van der Waals surface area (Å²) in [4.78, 5) is 20.7. The molecular formula is C9H17NO3. The summed E-state index contributed by atoms with van der Waals surface area (Å²) in [6.07, 6.45) is 2.97. The predicted molar refractivity (Wildman–Crippen MR) is 49.3 cm³/mol. The molecule has 0 aromatic carbocycles. The van der Waals surface area contributed by atoms with Gasteiger partial charge in [0, 0.05) is 0 Å². The number of carboxylic acid groups (broad SMARTS) is 1. The lowest BCUT2D eigenvalue weighted by Crippen LogP contribution is -2.37. The molecule has 1 amide bonds. The molecule has 76 valence electrons. The van der Waals surface area contributed by atoms with Crippen LogP contribution in [0.5, 0.6) is 0 Å². The summed E-state index contributed by atoms with van der Waals surface area (Å²) in [5.41, 5.74) is 0. The largest absolute Gasteiger partial charge is 0.480 e. The second kappa shape index (κ2) is 6.46. The van der Waals surface area contributed by atoms with Crippen LogP contribution in [-0.2, 0) is 9.59 Å². The SMILES string of the molecule is CCCC(C)CC(NC=O)C(=O)O. The fourth-order valence-corrected chi connectivity index (χ4v) is 1.34. The average Bonchev–Trinajstić information content (AvgIpc) is 2.04. The van der Waals surface area contributed by atoms with Crippen LogP contribution in [0, 0.1) is 5.92 Å². The van der Waals surface area contributed by atoms with Crippen molar-refractivity contribution in [3.05, 3.63) is 0 Å². The molecule has 2 N–H and O–H groups in total. The highest BCUT2D eigenvalue weighted by molar-refractivity contribution is 5.76. The summed E-state index contributed by atoms with van der Waals surface area (Å²) in [5.74, 6) is -0.631. The second-order valence-electron chi connectivity index (χ2n) is 3.30. The first-order chi connectivity index (χ1) is 6.11. The van der Waals surface area contributed by atoms with E-state index in [1.807, 2.05) is 6.92 Å². The van der Waals surface area contributed by atoms with Crippen molar-refractivity contribution in [3.8, 4) is 0 Å². The molecule has 0 saturated carbocycles. The fourth-order valence-electron chi connectivity index (χ4n) is 1.34. The molecule has 0 aliphatic rings. The summed E-state index contributed by atoms with van der Waals surface area (Å²) in [7, 11) is 0. The summed E-state index contributed by atoms with van der Waals surface area (Å²) in [6.45, 7) is 4.05. The van der Waals surface area contributed by atoms with E-state index in [0.29, 0.717) is 18.7 Å². The van der Waals surface area contributed by atoms with Crippen molar-refractivity contribution in [1.82, 2.24) is 5.32 Å². The summed E-state index contributed by atoms with van der Waals surface area (Å²) in [6, 6.07) is -0.737. The number of nitrogens with one attached hydrogen (secondary N) is 1. The van der Waals surface area contributed by atoms with Gasteiger partial charge in [0.15, 0.2) is 0 Å². The number of carbonyl (C=O) groups is 2. The predicted octanol–water partition coefficient (Wildman–Crippen LogP) is 1.01. The molecule has 0 aliphatic carbocycles. The Kier molecular flexibility index (Phi) is 5.93. The van der Waals surface area contributed by atoms with Gasteiger partial charge in [0.1, 0.15) is 6.04 Å². The zero-order valence-corrected chi connectivity index (χ0v) is 8.12. The van der Waals surface area contributed by atoms with E-state index >= 15 is 0 Å². The van der Waals surface area contributed by atoms with E-state index in [1.54, 1.807) is 0 Å². The van der Waals surface area contributed by atoms with Gasteiger partial charge in [0.05, 0.1) is 0 Å². The highest BCUT2D eigenvalue weighted by atomic mass is 16.4. The lowest BCUT2D eigenvalue weighted by Gasteiger charge is -2.15. The van der Waals surface area contributed by atoms with Crippen molar-refractivity contribution < 1.29 is 14.7 Å². The maximum absolute atomic E-state index is 10.6. The van der Waals surface area contributed by atoms with Crippen LogP contribution in [0.2, 0.25) is 0 Å². The van der Waals surface area contributed by atoms with Gasteiger partial charge in [-0.3, -0.25) is 4.79 Å². The van der Waals surface area contributed by atoms with E-state index in [4.69, 9.17) is 5.11 Å². The Morgan fingerprint density at radius 1 is 1.62 bits per heavy atom. The third-order valence-electron chi connectivity index (χ3n) is 1.99. The van der Waals surface area contributed by atoms with Gasteiger partial charge in [0.2, 0.25) is 6.41 Å². The molecule has 0 fully saturated rings. The van der Waals surface area contributed by atoms with Crippen LogP contribution < -0.4 is 5.32 Å². The Labute approximate surface area is 78.3 Å². The third-order valence-corrected chi connectivity index (χ3v) is 1.99. The highest BCUT2D eigenvalue weighted by Crippen LogP contribution is 2.12. The quantitative estimate of drug-likeness (QED) is 0.584. The van der Waals surface area contributed by atoms with Crippen molar-refractivity contribution in [2.24, 2.45) is 5.92 Å². The van der Waals surface area contributed by atoms with Gasteiger partial charge < -0.3 is 10.4 Å². The third kappa shape index (κ3) is 5.22. The summed E-state index contributed by atoms with van der Waals surface area (Å²) < 4.78 is 0. The molecule has 0 aromatic rings. The Morgan fingerprint density at radius 2 is 2.23 bits per heavy atom. The smallest absolute Gasteiger partial charge is 0.326 e. The second-order valence-corrected chi connectivity index (χ2v) is 3.30. The first-order valence-corrected chi connectivity index (χ1v) is 4.54. The van der Waals surface area contributed by atoms with E-state index in [1.165, 1.54) is 0 Å². The number of carboxylic acids is 1. The van der Waals surface area contributed by atoms with Crippen molar-refractivity contribution in [3.63, 3.8) is 0 Å². The van der Waals surface area contributed by atoms with Crippen LogP contribution in [0.1, 0.15) is 33.1 Å². The number of hydrogen-bond acceptors (Lipinski definition) is 2. The minimum Gasteiger partial charge on any atom is -0.480 e. The lowest BCUT2D eigenvalue weighted by molar-refractivity contribution is -0.141. The van der Waals surface area contributed by atoms with Crippen molar-refractivity contribution in [1.29, 1.82) is 0 Å². The maximum Gasteiger partial charge on any atom is 0.326 e. The Hall–Kier alpha value is -1.06. The number of aliphatic carboxylic acids is 1. The molecule has 13 heavy (non-hydrogen) atoms. The van der Waals surface area contributed by atoms with Gasteiger partial charge in [-0.15, -0.1) is 0 Å². The van der Waals surface area contributed by atoms with E-state index in [0.717, 1.165) is 12.8 Å². The number of amides is 1. The molecular weight excluding hydrogens is 170 g/mol. The van der Waals surface area contributed by atoms with E-state index in [-0.39, 0.29) is 0 Å². The Balaban J connectivity index is 3.93. The van der Waals surface area contributed by atoms with Crippen LogP contribution in [-0.4, -0.2) is 23.5 Å². The zero-order valence-electron chi connectivity index (χ0n) is 8.12. The Bertz CT molecular complexity index is 170. The monoisotopic (exact) mass is 187 g/mol. The van der Waals surface area contributed by atoms with Gasteiger partial charge in [0.25, 0.3) is 0 Å². The number of carbonyl (C=O) groups excluding carboxylic acids is 1. The Morgan fingerprint density at radius 3 is 2.62 bits per heavy atom. The molecule has 0 rings (SSSR count). The molecule has 0 saturated heterocycles. The molecule has 2 unspecified atom stereocenters. The van der Waals surface area contributed by atoms with Crippen molar-refractivity contribution in [2.75, 3.05) is 0 Å². The molecule has 4 heteroatoms. The van der Waals surface area contributed by atoms with Crippen LogP contribution in [0.4, 0.5) is 0 Å². The fraction of sp³-hybridized carbons (Fsp3) is 0.778. The molecule has 0 heterocycles. The number of rotatable bonds is 7. The van der Waals surface area contributed by atoms with Crippen LogP contribution in [0.15, 0.2) is 0 Å². The van der Waals surface area contributed by atoms with Crippen LogP contribution in [0.3, 0.4) is 0 Å². The van der Waals surface area contributed by atoms with Crippen molar-refractivity contribution in [2.45, 2.75) is 39.2 Å². The first kappa shape index (κ1) is 11.9. The summed E-state index contributed by atoms with van der Waals surface area (Å²) >= 11 is 0. The van der Waals surface area contributed by atoms with Crippen molar-refractivity contribution >= 4 is 12.4 Å². The molecule has 0 aromatic heterocycles. The topological polar surface area (TPSA) is 66.4 Å². The van der Waals surface area contributed by atoms with Gasteiger partial charge in [-0.05, 0) is 12.3 Å². The molecule has 0 bridgehead atoms. The van der Waals surface area contributed by atoms with E-state index in [9.17, 15) is 9.59 Å². The number of hydrogen-bond donors (Lipinski definition) is 2. The van der Waals surface area contributed by atoms with Gasteiger partial charge in [-0.2, -0.15) is 0 Å². The molecule has 0 spiro atoms. The van der Waals surface area contributed by atoms with Gasteiger partial charge >= 0.3 is 5.97 Å². The zero-order chi connectivity index (χ0) is 10.3.